The Hall–Kier alpha value is -2.93. The number of hydrogen-bond acceptors (Lipinski definition) is 4. The first-order valence-corrected chi connectivity index (χ1v) is 12.4. The van der Waals surface area contributed by atoms with Crippen LogP contribution in [0, 0.1) is 13.8 Å². The Balaban J connectivity index is 1.31. The van der Waals surface area contributed by atoms with E-state index in [1.807, 2.05) is 19.9 Å². The average molecular weight is 436 g/mol. The van der Waals surface area contributed by atoms with Gasteiger partial charge in [-0.3, -0.25) is 9.48 Å². The highest BCUT2D eigenvalue weighted by molar-refractivity contribution is 7.91. The van der Waals surface area contributed by atoms with Crippen molar-refractivity contribution in [3.8, 4) is 11.1 Å². The number of amides is 1. The van der Waals surface area contributed by atoms with E-state index in [4.69, 9.17) is 0 Å². The molecular weight excluding hydrogens is 410 g/mol. The summed E-state index contributed by atoms with van der Waals surface area (Å²) in [7, 11) is -2.99. The number of fused-ring (bicyclic) bond motifs is 3. The maximum absolute atomic E-state index is 12.8. The molecule has 5 rings (SSSR count). The lowest BCUT2D eigenvalue weighted by molar-refractivity contribution is -0.115. The van der Waals surface area contributed by atoms with Gasteiger partial charge in [-0.1, -0.05) is 30.3 Å². The minimum absolute atomic E-state index is 0.0970. The molecular formula is C24H25N3O3S. The monoisotopic (exact) mass is 435 g/mol. The number of aryl methyl sites for hydroxylation is 1. The van der Waals surface area contributed by atoms with Crippen molar-refractivity contribution in [2.24, 2.45) is 0 Å². The van der Waals surface area contributed by atoms with Gasteiger partial charge in [0.05, 0.1) is 29.7 Å². The number of carbonyl (C=O) groups excluding carboxylic acids is 1. The van der Waals surface area contributed by atoms with Crippen molar-refractivity contribution in [2.75, 3.05) is 16.8 Å². The molecule has 0 bridgehead atoms. The molecule has 2 heterocycles. The number of benzene rings is 2. The molecule has 1 atom stereocenters. The summed E-state index contributed by atoms with van der Waals surface area (Å²) in [6.07, 6.45) is 1.67. The third-order valence-corrected chi connectivity index (χ3v) is 8.19. The van der Waals surface area contributed by atoms with Crippen molar-refractivity contribution in [2.45, 2.75) is 39.2 Å². The fourth-order valence-electron chi connectivity index (χ4n) is 4.87. The summed E-state index contributed by atoms with van der Waals surface area (Å²) in [6.45, 7) is 3.79. The lowest BCUT2D eigenvalue weighted by atomic mass is 10.1. The molecule has 1 aliphatic carbocycles. The molecule has 3 aromatic rings. The Labute approximate surface area is 182 Å². The molecule has 0 saturated carbocycles. The molecule has 1 amide bonds. The Morgan fingerprint density at radius 2 is 1.90 bits per heavy atom. The van der Waals surface area contributed by atoms with E-state index in [2.05, 4.69) is 46.8 Å². The maximum atomic E-state index is 12.8. The highest BCUT2D eigenvalue weighted by Crippen LogP contribution is 2.37. The lowest BCUT2D eigenvalue weighted by Gasteiger charge is -2.12. The van der Waals surface area contributed by atoms with Gasteiger partial charge < -0.3 is 5.32 Å². The second-order valence-corrected chi connectivity index (χ2v) is 10.8. The van der Waals surface area contributed by atoms with Gasteiger partial charge in [0, 0.05) is 16.9 Å². The van der Waals surface area contributed by atoms with Crippen LogP contribution in [0.4, 0.5) is 5.69 Å². The largest absolute Gasteiger partial charge is 0.326 e. The van der Waals surface area contributed by atoms with Crippen molar-refractivity contribution in [1.29, 1.82) is 0 Å². The van der Waals surface area contributed by atoms with Gasteiger partial charge in [-0.2, -0.15) is 5.10 Å². The zero-order valence-corrected chi connectivity index (χ0v) is 18.5. The number of hydrogen-bond donors (Lipinski definition) is 1. The summed E-state index contributed by atoms with van der Waals surface area (Å²) in [5, 5.41) is 7.58. The number of anilines is 1. The number of aromatic nitrogens is 2. The van der Waals surface area contributed by atoms with Gasteiger partial charge in [0.15, 0.2) is 9.84 Å². The molecule has 1 aliphatic heterocycles. The van der Waals surface area contributed by atoms with Crippen molar-refractivity contribution >= 4 is 21.4 Å². The topological polar surface area (TPSA) is 81.1 Å². The number of sulfone groups is 1. The van der Waals surface area contributed by atoms with Crippen molar-refractivity contribution in [1.82, 2.24) is 9.78 Å². The highest BCUT2D eigenvalue weighted by atomic mass is 32.2. The number of nitrogens with one attached hydrogen (secondary N) is 1. The second kappa shape index (κ2) is 7.34. The van der Waals surface area contributed by atoms with E-state index in [9.17, 15) is 13.2 Å². The highest BCUT2D eigenvalue weighted by Gasteiger charge is 2.31. The van der Waals surface area contributed by atoms with E-state index >= 15 is 0 Å². The molecule has 2 aliphatic rings. The lowest BCUT2D eigenvalue weighted by Crippen LogP contribution is -2.16. The van der Waals surface area contributed by atoms with E-state index in [0.717, 1.165) is 29.1 Å². The van der Waals surface area contributed by atoms with E-state index in [1.54, 1.807) is 4.68 Å². The van der Waals surface area contributed by atoms with E-state index in [-0.39, 0.29) is 29.9 Å². The molecule has 160 valence electrons. The molecule has 0 radical (unpaired) electrons. The molecule has 6 nitrogen and oxygen atoms in total. The van der Waals surface area contributed by atoms with Gasteiger partial charge in [-0.25, -0.2) is 8.42 Å². The van der Waals surface area contributed by atoms with Gasteiger partial charge in [-0.05, 0) is 61.1 Å². The SMILES string of the molecule is Cc1nn(C2CCS(=O)(=O)C2)c(C)c1CC(=O)Nc1ccc2c(c1)Cc1ccccc1-2. The second-order valence-electron chi connectivity index (χ2n) is 8.58. The molecule has 1 aromatic heterocycles. The Morgan fingerprint density at radius 1 is 1.13 bits per heavy atom. The van der Waals surface area contributed by atoms with Crippen LogP contribution in [0.25, 0.3) is 11.1 Å². The predicted molar refractivity (Wildman–Crippen MR) is 121 cm³/mol. The Morgan fingerprint density at radius 3 is 2.68 bits per heavy atom. The van der Waals surface area contributed by atoms with Gasteiger partial charge in [-0.15, -0.1) is 0 Å². The van der Waals surface area contributed by atoms with Crippen LogP contribution >= 0.6 is 0 Å². The molecule has 2 aromatic carbocycles. The number of rotatable bonds is 4. The van der Waals surface area contributed by atoms with E-state index in [0.29, 0.717) is 6.42 Å². The van der Waals surface area contributed by atoms with E-state index < -0.39 is 9.84 Å². The van der Waals surface area contributed by atoms with Crippen LogP contribution < -0.4 is 5.32 Å². The summed E-state index contributed by atoms with van der Waals surface area (Å²) in [6, 6.07) is 14.3. The van der Waals surface area contributed by atoms with Crippen LogP contribution in [0.2, 0.25) is 0 Å². The van der Waals surface area contributed by atoms with E-state index in [1.165, 1.54) is 22.3 Å². The third kappa shape index (κ3) is 3.67. The summed E-state index contributed by atoms with van der Waals surface area (Å²) >= 11 is 0. The molecule has 7 heteroatoms. The minimum Gasteiger partial charge on any atom is -0.326 e. The first kappa shape index (κ1) is 20.0. The van der Waals surface area contributed by atoms with Crippen molar-refractivity contribution in [3.05, 3.63) is 70.5 Å². The first-order valence-electron chi connectivity index (χ1n) is 10.6. The standard InChI is InChI=1S/C24H25N3O3S/c1-15-23(16(2)27(26-15)20-9-10-31(29,30)14-20)13-24(28)25-19-7-8-22-18(12-19)11-17-5-3-4-6-21(17)22/h3-8,12,20H,9-11,13-14H2,1-2H3,(H,25,28). The zero-order chi connectivity index (χ0) is 21.8. The molecule has 1 N–H and O–H groups in total. The zero-order valence-electron chi connectivity index (χ0n) is 17.7. The average Bonchev–Trinajstić information content (AvgIpc) is 3.36. The van der Waals surface area contributed by atoms with Crippen LogP contribution in [-0.4, -0.2) is 35.6 Å². The van der Waals surface area contributed by atoms with Crippen molar-refractivity contribution < 1.29 is 13.2 Å². The smallest absolute Gasteiger partial charge is 0.228 e. The molecule has 1 fully saturated rings. The van der Waals surface area contributed by atoms with Gasteiger partial charge in [0.2, 0.25) is 5.91 Å². The quantitative estimate of drug-likeness (QED) is 0.531. The van der Waals surface area contributed by atoms with Crippen LogP contribution in [0.15, 0.2) is 42.5 Å². The molecule has 1 saturated heterocycles. The number of carbonyl (C=O) groups is 1. The third-order valence-electron chi connectivity index (χ3n) is 6.44. The summed E-state index contributed by atoms with van der Waals surface area (Å²) in [4.78, 5) is 12.8. The molecule has 31 heavy (non-hydrogen) atoms. The Kier molecular flexibility index (Phi) is 4.73. The fourth-order valence-corrected chi connectivity index (χ4v) is 6.56. The maximum Gasteiger partial charge on any atom is 0.228 e. The summed E-state index contributed by atoms with van der Waals surface area (Å²) in [5.74, 6) is 0.229. The predicted octanol–water partition coefficient (Wildman–Crippen LogP) is 3.61. The van der Waals surface area contributed by atoms with Crippen LogP contribution in [0.1, 0.15) is 40.5 Å². The summed E-state index contributed by atoms with van der Waals surface area (Å²) < 4.78 is 25.5. The van der Waals surface area contributed by atoms with Gasteiger partial charge in [0.25, 0.3) is 0 Å². The minimum atomic E-state index is -2.99. The van der Waals surface area contributed by atoms with Crippen LogP contribution in [0.5, 0.6) is 0 Å². The van der Waals surface area contributed by atoms with Gasteiger partial charge in [0.1, 0.15) is 0 Å². The summed E-state index contributed by atoms with van der Waals surface area (Å²) in [5.41, 5.74) is 8.35. The normalized spacial score (nSPS) is 18.6. The number of nitrogens with zero attached hydrogens (tertiary/aromatic N) is 2. The van der Waals surface area contributed by atoms with Gasteiger partial charge >= 0.3 is 0 Å². The Bertz CT molecular complexity index is 1310. The fraction of sp³-hybridized carbons (Fsp3) is 0.333. The first-order chi connectivity index (χ1) is 14.8. The van der Waals surface area contributed by atoms with Crippen molar-refractivity contribution in [3.63, 3.8) is 0 Å². The van der Waals surface area contributed by atoms with Crippen LogP contribution in [0.3, 0.4) is 0 Å². The van der Waals surface area contributed by atoms with Crippen LogP contribution in [-0.2, 0) is 27.5 Å². The molecule has 1 unspecified atom stereocenters. The molecule has 0 spiro atoms.